The highest BCUT2D eigenvalue weighted by molar-refractivity contribution is 6.11. The summed E-state index contributed by atoms with van der Waals surface area (Å²) in [6.45, 7) is 5.49. The van der Waals surface area contributed by atoms with Gasteiger partial charge in [0.2, 0.25) is 0 Å². The lowest BCUT2D eigenvalue weighted by molar-refractivity contribution is 0.457. The number of rotatable bonds is 10. The lowest BCUT2D eigenvalue weighted by atomic mass is 9.66. The van der Waals surface area contributed by atoms with Gasteiger partial charge in [-0.25, -0.2) is 0 Å². The quantitative estimate of drug-likeness (QED) is 0.135. The first kappa shape index (κ1) is 39.4. The molecule has 9 aromatic rings. The Morgan fingerprint density at radius 3 is 2.03 bits per heavy atom. The standard InChI is InChI=1S/C62H53N3/c1-40-30-33-54-51(34-40)52-38-58-53(37-55(52)62(54,47-23-11-5-12-24-47)48-25-13-6-14-26-48)50-28-15-16-29-57(50)65(58)49-27-17-22-45(35-49)59-41(2)60(59)61(43-20-9-4-10-21-43)64-39-46-32-31-44(36-56(46)63)42-18-7-3-8-19-42/h3-33,35-38,40-41,59-61,64H,34,39,63H2,1-2H3/t40?,41-,59?,60-,61?/m0/s1. The molecule has 0 bridgehead atoms. The minimum Gasteiger partial charge on any atom is -0.398 e. The Kier molecular flexibility index (Phi) is 9.58. The average molecular weight is 840 g/mol. The SMILES string of the molecule is CC1C=CC2=C(C1)c1cc3c(cc1C2(c1ccccc1)c1ccccc1)c1ccccc1n3-c1cccc(C2[C@@H](C(NCc3ccc(-c4ccccc4)cc3N)c3ccccc3)[C@H]2C)c1. The van der Waals surface area contributed by atoms with E-state index in [-0.39, 0.29) is 6.04 Å². The van der Waals surface area contributed by atoms with Crippen LogP contribution in [0.3, 0.4) is 0 Å². The first-order valence-electron chi connectivity index (χ1n) is 23.4. The van der Waals surface area contributed by atoms with E-state index in [9.17, 15) is 0 Å². The van der Waals surface area contributed by atoms with Crippen LogP contribution in [0.2, 0.25) is 0 Å². The van der Waals surface area contributed by atoms with Crippen molar-refractivity contribution in [3.8, 4) is 16.8 Å². The lowest BCUT2D eigenvalue weighted by Crippen LogP contribution is -2.29. The maximum atomic E-state index is 6.75. The molecular weight excluding hydrogens is 787 g/mol. The third-order valence-corrected chi connectivity index (χ3v) is 15.1. The number of hydrogen-bond donors (Lipinski definition) is 2. The van der Waals surface area contributed by atoms with E-state index in [0.29, 0.717) is 30.2 Å². The molecule has 0 saturated heterocycles. The molecular formula is C62H53N3. The van der Waals surface area contributed by atoms with Crippen molar-refractivity contribution in [3.05, 3.63) is 257 Å². The van der Waals surface area contributed by atoms with Crippen LogP contribution < -0.4 is 11.1 Å². The van der Waals surface area contributed by atoms with Gasteiger partial charge in [-0.05, 0) is 128 Å². The van der Waals surface area contributed by atoms with Gasteiger partial charge in [-0.15, -0.1) is 0 Å². The summed E-state index contributed by atoms with van der Waals surface area (Å²) in [7, 11) is 0. The molecule has 12 rings (SSSR count). The average Bonchev–Trinajstić information content (AvgIpc) is 3.79. The number of nitrogens with one attached hydrogen (secondary N) is 1. The summed E-state index contributed by atoms with van der Waals surface area (Å²) in [5.74, 6) is 1.79. The van der Waals surface area contributed by atoms with Crippen LogP contribution in [-0.4, -0.2) is 4.57 Å². The number of benzene rings is 8. The number of fused-ring (bicyclic) bond motifs is 5. The van der Waals surface area contributed by atoms with Gasteiger partial charge in [0.15, 0.2) is 0 Å². The minimum absolute atomic E-state index is 0.174. The Morgan fingerprint density at radius 1 is 0.631 bits per heavy atom. The molecule has 5 atom stereocenters. The molecule has 0 aliphatic heterocycles. The molecule has 3 unspecified atom stereocenters. The molecule has 0 spiro atoms. The topological polar surface area (TPSA) is 43.0 Å². The van der Waals surface area contributed by atoms with Gasteiger partial charge >= 0.3 is 0 Å². The first-order valence-corrected chi connectivity index (χ1v) is 23.4. The molecule has 8 aromatic carbocycles. The number of anilines is 1. The second-order valence-electron chi connectivity index (χ2n) is 18.8. The third-order valence-electron chi connectivity index (χ3n) is 15.1. The number of nitrogen functional groups attached to an aromatic ring is 1. The molecule has 0 amide bonds. The summed E-state index contributed by atoms with van der Waals surface area (Å²) >= 11 is 0. The Bertz CT molecular complexity index is 3250. The molecule has 3 heteroatoms. The van der Waals surface area contributed by atoms with Crippen LogP contribution in [0.15, 0.2) is 218 Å². The van der Waals surface area contributed by atoms with Gasteiger partial charge in [0.25, 0.3) is 0 Å². The molecule has 0 radical (unpaired) electrons. The van der Waals surface area contributed by atoms with E-state index >= 15 is 0 Å². The number of nitrogens with zero attached hydrogens (tertiary/aromatic N) is 1. The number of para-hydroxylation sites is 1. The van der Waals surface area contributed by atoms with Gasteiger partial charge in [0, 0.05) is 34.7 Å². The molecule has 65 heavy (non-hydrogen) atoms. The van der Waals surface area contributed by atoms with E-state index in [2.05, 4.69) is 236 Å². The fraction of sp³-hybridized carbons (Fsp3) is 0.161. The maximum Gasteiger partial charge on any atom is 0.0710 e. The van der Waals surface area contributed by atoms with Crippen LogP contribution in [0.1, 0.15) is 71.2 Å². The normalized spacial score (nSPS) is 19.9. The van der Waals surface area contributed by atoms with E-state index in [1.54, 1.807) is 0 Å². The number of hydrogen-bond acceptors (Lipinski definition) is 2. The summed E-state index contributed by atoms with van der Waals surface area (Å²) < 4.78 is 2.54. The first-order chi connectivity index (χ1) is 32.0. The Balaban J connectivity index is 0.945. The summed E-state index contributed by atoms with van der Waals surface area (Å²) in [6, 6.07) is 74.2. The predicted molar refractivity (Wildman–Crippen MR) is 271 cm³/mol. The zero-order valence-corrected chi connectivity index (χ0v) is 37.0. The summed E-state index contributed by atoms with van der Waals surface area (Å²) in [6.07, 6.45) is 5.89. The Morgan fingerprint density at radius 2 is 1.31 bits per heavy atom. The predicted octanol–water partition coefficient (Wildman–Crippen LogP) is 14.6. The Hall–Kier alpha value is -7.20. The second kappa shape index (κ2) is 15.8. The van der Waals surface area contributed by atoms with Gasteiger partial charge in [-0.2, -0.15) is 0 Å². The van der Waals surface area contributed by atoms with Gasteiger partial charge in [-0.1, -0.05) is 190 Å². The van der Waals surface area contributed by atoms with Crippen LogP contribution in [-0.2, 0) is 12.0 Å². The fourth-order valence-electron chi connectivity index (χ4n) is 12.0. The molecule has 1 heterocycles. The van der Waals surface area contributed by atoms with Crippen molar-refractivity contribution < 1.29 is 0 Å². The highest BCUT2D eigenvalue weighted by Gasteiger charge is 2.52. The molecule has 3 nitrogen and oxygen atoms in total. The molecule has 1 fully saturated rings. The largest absolute Gasteiger partial charge is 0.398 e. The molecule has 1 aromatic heterocycles. The monoisotopic (exact) mass is 839 g/mol. The summed E-state index contributed by atoms with van der Waals surface area (Å²) in [4.78, 5) is 0. The van der Waals surface area contributed by atoms with Gasteiger partial charge in [-0.3, -0.25) is 0 Å². The highest BCUT2D eigenvalue weighted by Crippen LogP contribution is 2.61. The van der Waals surface area contributed by atoms with Crippen LogP contribution in [0.25, 0.3) is 44.2 Å². The smallest absolute Gasteiger partial charge is 0.0710 e. The molecule has 3 aliphatic rings. The maximum absolute atomic E-state index is 6.75. The minimum atomic E-state index is -0.418. The van der Waals surface area contributed by atoms with Gasteiger partial charge in [0.05, 0.1) is 16.4 Å². The zero-order valence-electron chi connectivity index (χ0n) is 37.0. The van der Waals surface area contributed by atoms with Crippen LogP contribution in [0, 0.1) is 17.8 Å². The van der Waals surface area contributed by atoms with Crippen molar-refractivity contribution in [2.45, 2.75) is 44.2 Å². The summed E-state index contributed by atoms with van der Waals surface area (Å²) in [5.41, 5.74) is 25.3. The molecule has 3 aliphatic carbocycles. The van der Waals surface area contributed by atoms with E-state index in [1.807, 2.05) is 0 Å². The molecule has 1 saturated carbocycles. The lowest BCUT2D eigenvalue weighted by Gasteiger charge is -2.35. The third kappa shape index (κ3) is 6.44. The van der Waals surface area contributed by atoms with Crippen molar-refractivity contribution in [2.24, 2.45) is 17.8 Å². The van der Waals surface area contributed by atoms with Crippen LogP contribution in [0.4, 0.5) is 5.69 Å². The number of nitrogens with two attached hydrogens (primary N) is 1. The van der Waals surface area contributed by atoms with Crippen molar-refractivity contribution >= 4 is 33.1 Å². The number of aromatic nitrogens is 1. The second-order valence-corrected chi connectivity index (χ2v) is 18.8. The highest BCUT2D eigenvalue weighted by atomic mass is 15.0. The summed E-state index contributed by atoms with van der Waals surface area (Å²) in [5, 5.41) is 6.59. The van der Waals surface area contributed by atoms with Crippen molar-refractivity contribution in [1.29, 1.82) is 0 Å². The molecule has 316 valence electrons. The van der Waals surface area contributed by atoms with Crippen LogP contribution >= 0.6 is 0 Å². The Labute approximate surface area is 382 Å². The molecule has 3 N–H and O–H groups in total. The zero-order chi connectivity index (χ0) is 43.6. The van der Waals surface area contributed by atoms with Crippen LogP contribution in [0.5, 0.6) is 0 Å². The van der Waals surface area contributed by atoms with Crippen molar-refractivity contribution in [1.82, 2.24) is 9.88 Å². The number of allylic oxidation sites excluding steroid dienone is 4. The van der Waals surface area contributed by atoms with E-state index in [1.165, 1.54) is 77.6 Å². The van der Waals surface area contributed by atoms with E-state index < -0.39 is 5.41 Å². The van der Waals surface area contributed by atoms with E-state index in [4.69, 9.17) is 5.73 Å². The van der Waals surface area contributed by atoms with Gasteiger partial charge < -0.3 is 15.6 Å². The van der Waals surface area contributed by atoms with E-state index in [0.717, 1.165) is 23.2 Å². The fourth-order valence-corrected chi connectivity index (χ4v) is 12.0. The van der Waals surface area contributed by atoms with Crippen molar-refractivity contribution in [2.75, 3.05) is 5.73 Å². The van der Waals surface area contributed by atoms with Gasteiger partial charge in [0.1, 0.15) is 0 Å². The van der Waals surface area contributed by atoms with Crippen molar-refractivity contribution in [3.63, 3.8) is 0 Å².